The van der Waals surface area contributed by atoms with Gasteiger partial charge >= 0.3 is 0 Å². The molecule has 1 aromatic rings. The van der Waals surface area contributed by atoms with Gasteiger partial charge in [-0.05, 0) is 37.7 Å². The molecule has 1 N–H and O–H groups in total. The smallest absolute Gasteiger partial charge is 0.0807 e. The molecule has 0 aromatic carbocycles. The summed E-state index contributed by atoms with van der Waals surface area (Å²) in [5.74, 6) is 0.978. The summed E-state index contributed by atoms with van der Waals surface area (Å²) in [7, 11) is 0. The Kier molecular flexibility index (Phi) is 2.76. The number of aryl methyl sites for hydroxylation is 1. The molecule has 2 aliphatic rings. The molecule has 2 heteroatoms. The van der Waals surface area contributed by atoms with Crippen molar-refractivity contribution >= 4 is 0 Å². The highest BCUT2D eigenvalue weighted by Crippen LogP contribution is 2.33. The SMILES string of the molecule is OC1CCCc2c1ccn2CCC1CCC1. The van der Waals surface area contributed by atoms with Gasteiger partial charge in [0.05, 0.1) is 6.10 Å². The monoisotopic (exact) mass is 219 g/mol. The summed E-state index contributed by atoms with van der Waals surface area (Å²) in [6.45, 7) is 1.16. The lowest BCUT2D eigenvalue weighted by molar-refractivity contribution is 0.155. The van der Waals surface area contributed by atoms with Crippen LogP contribution in [0.3, 0.4) is 0 Å². The van der Waals surface area contributed by atoms with E-state index in [9.17, 15) is 5.11 Å². The fourth-order valence-electron chi connectivity index (χ4n) is 3.04. The molecule has 1 saturated carbocycles. The molecule has 0 amide bonds. The highest BCUT2D eigenvalue weighted by Gasteiger charge is 2.22. The van der Waals surface area contributed by atoms with Crippen molar-refractivity contribution in [1.82, 2.24) is 4.57 Å². The fraction of sp³-hybridized carbons (Fsp3) is 0.714. The van der Waals surface area contributed by atoms with Crippen molar-refractivity contribution in [2.24, 2.45) is 5.92 Å². The predicted molar refractivity (Wildman–Crippen MR) is 64.3 cm³/mol. The second-order valence-electron chi connectivity index (χ2n) is 5.40. The number of hydrogen-bond acceptors (Lipinski definition) is 1. The maximum atomic E-state index is 9.90. The zero-order chi connectivity index (χ0) is 11.0. The van der Waals surface area contributed by atoms with Gasteiger partial charge in [-0.2, -0.15) is 0 Å². The highest BCUT2D eigenvalue weighted by molar-refractivity contribution is 5.27. The van der Waals surface area contributed by atoms with Crippen LogP contribution >= 0.6 is 0 Å². The van der Waals surface area contributed by atoms with Gasteiger partial charge in [-0.1, -0.05) is 19.3 Å². The Balaban J connectivity index is 1.69. The molecular formula is C14H21NO. The molecule has 0 spiro atoms. The fourth-order valence-corrected chi connectivity index (χ4v) is 3.04. The van der Waals surface area contributed by atoms with Gasteiger partial charge in [-0.25, -0.2) is 0 Å². The minimum atomic E-state index is -0.200. The first kappa shape index (κ1) is 10.4. The molecule has 1 unspecified atom stereocenters. The molecule has 0 saturated heterocycles. The summed E-state index contributed by atoms with van der Waals surface area (Å²) in [6, 6.07) is 2.12. The second kappa shape index (κ2) is 4.25. The van der Waals surface area contributed by atoms with E-state index >= 15 is 0 Å². The first-order chi connectivity index (χ1) is 7.84. The maximum absolute atomic E-state index is 9.90. The number of aliphatic hydroxyl groups is 1. The largest absolute Gasteiger partial charge is 0.388 e. The van der Waals surface area contributed by atoms with Gasteiger partial charge in [-0.15, -0.1) is 0 Å². The van der Waals surface area contributed by atoms with Gasteiger partial charge in [0.15, 0.2) is 0 Å². The minimum absolute atomic E-state index is 0.200. The van der Waals surface area contributed by atoms with E-state index in [4.69, 9.17) is 0 Å². The summed E-state index contributed by atoms with van der Waals surface area (Å²) in [6.07, 6.45) is 10.9. The molecule has 0 bridgehead atoms. The third kappa shape index (κ3) is 1.80. The zero-order valence-corrected chi connectivity index (χ0v) is 9.86. The second-order valence-corrected chi connectivity index (χ2v) is 5.40. The Morgan fingerprint density at radius 1 is 1.25 bits per heavy atom. The van der Waals surface area contributed by atoms with Gasteiger partial charge in [0.1, 0.15) is 0 Å². The van der Waals surface area contributed by atoms with Crippen LogP contribution in [0.15, 0.2) is 12.3 Å². The highest BCUT2D eigenvalue weighted by atomic mass is 16.3. The van der Waals surface area contributed by atoms with Crippen LogP contribution in [0.4, 0.5) is 0 Å². The van der Waals surface area contributed by atoms with Crippen LogP contribution in [0.2, 0.25) is 0 Å². The van der Waals surface area contributed by atoms with E-state index in [1.54, 1.807) is 0 Å². The maximum Gasteiger partial charge on any atom is 0.0807 e. The first-order valence-corrected chi connectivity index (χ1v) is 6.70. The molecule has 2 nitrogen and oxygen atoms in total. The van der Waals surface area contributed by atoms with Crippen molar-refractivity contribution in [3.63, 3.8) is 0 Å². The predicted octanol–water partition coefficient (Wildman–Crippen LogP) is 3.05. The van der Waals surface area contributed by atoms with Crippen LogP contribution in [-0.2, 0) is 13.0 Å². The summed E-state index contributed by atoms with van der Waals surface area (Å²) in [5, 5.41) is 9.90. The van der Waals surface area contributed by atoms with Crippen LogP contribution in [0.1, 0.15) is 55.9 Å². The van der Waals surface area contributed by atoms with E-state index in [0.29, 0.717) is 0 Å². The summed E-state index contributed by atoms with van der Waals surface area (Å²) in [4.78, 5) is 0. The third-order valence-corrected chi connectivity index (χ3v) is 4.37. The Morgan fingerprint density at radius 2 is 2.12 bits per heavy atom. The molecular weight excluding hydrogens is 198 g/mol. The van der Waals surface area contributed by atoms with Crippen LogP contribution in [0, 0.1) is 5.92 Å². The number of aromatic nitrogens is 1. The summed E-state index contributed by atoms with van der Waals surface area (Å²) >= 11 is 0. The lowest BCUT2D eigenvalue weighted by Gasteiger charge is -2.26. The third-order valence-electron chi connectivity index (χ3n) is 4.37. The lowest BCUT2D eigenvalue weighted by atomic mass is 9.83. The average Bonchev–Trinajstić information content (AvgIpc) is 2.61. The molecule has 1 heterocycles. The van der Waals surface area contributed by atoms with Gasteiger partial charge in [-0.3, -0.25) is 0 Å². The van der Waals surface area contributed by atoms with Crippen molar-refractivity contribution in [3.05, 3.63) is 23.5 Å². The molecule has 1 fully saturated rings. The molecule has 88 valence electrons. The van der Waals surface area contributed by atoms with Crippen LogP contribution in [-0.4, -0.2) is 9.67 Å². The quantitative estimate of drug-likeness (QED) is 0.830. The Labute approximate surface area is 97.3 Å². The van der Waals surface area contributed by atoms with Crippen LogP contribution in [0.5, 0.6) is 0 Å². The zero-order valence-electron chi connectivity index (χ0n) is 9.86. The molecule has 16 heavy (non-hydrogen) atoms. The van der Waals surface area contributed by atoms with E-state index in [1.165, 1.54) is 36.9 Å². The molecule has 1 aromatic heterocycles. The van der Waals surface area contributed by atoms with E-state index in [2.05, 4.69) is 16.8 Å². The van der Waals surface area contributed by atoms with Crippen molar-refractivity contribution in [3.8, 4) is 0 Å². The van der Waals surface area contributed by atoms with Crippen LogP contribution < -0.4 is 0 Å². The lowest BCUT2D eigenvalue weighted by Crippen LogP contribution is -2.16. The van der Waals surface area contributed by atoms with E-state index in [0.717, 1.165) is 31.7 Å². The Bertz CT molecular complexity index is 365. The van der Waals surface area contributed by atoms with Gasteiger partial charge in [0.2, 0.25) is 0 Å². The Hall–Kier alpha value is -0.760. The number of hydrogen-bond donors (Lipinski definition) is 1. The summed E-state index contributed by atoms with van der Waals surface area (Å²) in [5.41, 5.74) is 2.60. The van der Waals surface area contributed by atoms with Crippen molar-refractivity contribution in [1.29, 1.82) is 0 Å². The summed E-state index contributed by atoms with van der Waals surface area (Å²) < 4.78 is 2.38. The van der Waals surface area contributed by atoms with E-state index in [-0.39, 0.29) is 6.10 Å². The number of fused-ring (bicyclic) bond motifs is 1. The first-order valence-electron chi connectivity index (χ1n) is 6.70. The van der Waals surface area contributed by atoms with E-state index < -0.39 is 0 Å². The molecule has 0 radical (unpaired) electrons. The van der Waals surface area contributed by atoms with Crippen molar-refractivity contribution < 1.29 is 5.11 Å². The number of nitrogens with zero attached hydrogens (tertiary/aromatic N) is 1. The van der Waals surface area contributed by atoms with E-state index in [1.807, 2.05) is 0 Å². The minimum Gasteiger partial charge on any atom is -0.388 e. The number of aliphatic hydroxyl groups excluding tert-OH is 1. The average molecular weight is 219 g/mol. The molecule has 1 atom stereocenters. The number of rotatable bonds is 3. The molecule has 0 aliphatic heterocycles. The van der Waals surface area contributed by atoms with Crippen molar-refractivity contribution in [2.75, 3.05) is 0 Å². The molecule has 3 rings (SSSR count). The molecule has 2 aliphatic carbocycles. The van der Waals surface area contributed by atoms with Crippen molar-refractivity contribution in [2.45, 2.75) is 57.6 Å². The standard InChI is InChI=1S/C14H21NO/c16-14-6-2-5-13-12(14)8-10-15(13)9-7-11-3-1-4-11/h8,10-11,14,16H,1-7,9H2. The van der Waals surface area contributed by atoms with Gasteiger partial charge in [0.25, 0.3) is 0 Å². The normalized spacial score (nSPS) is 25.2. The Morgan fingerprint density at radius 3 is 2.88 bits per heavy atom. The topological polar surface area (TPSA) is 25.2 Å². The van der Waals surface area contributed by atoms with Gasteiger partial charge in [0, 0.05) is 24.0 Å². The van der Waals surface area contributed by atoms with Crippen LogP contribution in [0.25, 0.3) is 0 Å². The van der Waals surface area contributed by atoms with Gasteiger partial charge < -0.3 is 9.67 Å².